The van der Waals surface area contributed by atoms with Gasteiger partial charge in [-0.1, -0.05) is 27.2 Å². The zero-order valence-corrected chi connectivity index (χ0v) is 12.2. The Hall–Kier alpha value is -0.410. The van der Waals surface area contributed by atoms with Gasteiger partial charge < -0.3 is 5.32 Å². The van der Waals surface area contributed by atoms with E-state index in [-0.39, 0.29) is 5.41 Å². The monoisotopic (exact) mass is 252 g/mol. The smallest absolute Gasteiger partial charge is 0.0944 e. The van der Waals surface area contributed by atoms with Gasteiger partial charge >= 0.3 is 0 Å². The first-order valence-corrected chi connectivity index (χ1v) is 7.51. The summed E-state index contributed by atoms with van der Waals surface area (Å²) >= 11 is 1.82. The van der Waals surface area contributed by atoms with Crippen LogP contribution in [0.4, 0.5) is 0 Å². The van der Waals surface area contributed by atoms with E-state index in [1.807, 2.05) is 11.3 Å². The van der Waals surface area contributed by atoms with E-state index in [2.05, 4.69) is 38.5 Å². The minimum atomic E-state index is 0.181. The van der Waals surface area contributed by atoms with E-state index in [0.717, 1.165) is 12.3 Å². The quantitative estimate of drug-likeness (QED) is 0.888. The van der Waals surface area contributed by atoms with Crippen molar-refractivity contribution in [2.45, 2.75) is 57.9 Å². The van der Waals surface area contributed by atoms with Crippen molar-refractivity contribution in [3.05, 3.63) is 16.1 Å². The molecule has 1 aliphatic carbocycles. The lowest BCUT2D eigenvalue weighted by molar-refractivity contribution is 0.235. The van der Waals surface area contributed by atoms with E-state index in [0.29, 0.717) is 6.04 Å². The molecule has 1 aromatic heterocycles. The number of likely N-dealkylation sites (N-methyl/N-ethyl adjacent to an activating group) is 1. The number of hydrogen-bond acceptors (Lipinski definition) is 3. The first-order chi connectivity index (χ1) is 8.00. The normalized spacial score (nSPS) is 19.1. The first-order valence-electron chi connectivity index (χ1n) is 6.63. The average molecular weight is 252 g/mol. The number of rotatable bonds is 4. The van der Waals surface area contributed by atoms with E-state index in [4.69, 9.17) is 4.98 Å². The van der Waals surface area contributed by atoms with Gasteiger partial charge in [0.25, 0.3) is 0 Å². The van der Waals surface area contributed by atoms with E-state index in [1.165, 1.54) is 30.0 Å². The van der Waals surface area contributed by atoms with Crippen LogP contribution in [0.15, 0.2) is 5.38 Å². The molecule has 1 fully saturated rings. The number of aromatic nitrogens is 1. The van der Waals surface area contributed by atoms with Gasteiger partial charge in [-0.3, -0.25) is 0 Å². The molecule has 1 aliphatic rings. The van der Waals surface area contributed by atoms with Crippen LogP contribution in [0.25, 0.3) is 0 Å². The van der Waals surface area contributed by atoms with E-state index in [1.54, 1.807) is 0 Å². The Kier molecular flexibility index (Phi) is 3.88. The number of hydrogen-bond donors (Lipinski definition) is 1. The summed E-state index contributed by atoms with van der Waals surface area (Å²) in [6.45, 7) is 6.69. The minimum Gasteiger partial charge on any atom is -0.316 e. The second-order valence-corrected chi connectivity index (χ2v) is 7.11. The van der Waals surface area contributed by atoms with E-state index < -0.39 is 0 Å². The minimum absolute atomic E-state index is 0.181. The van der Waals surface area contributed by atoms with Crippen LogP contribution in [0.3, 0.4) is 0 Å². The molecule has 0 amide bonds. The van der Waals surface area contributed by atoms with E-state index >= 15 is 0 Å². The maximum Gasteiger partial charge on any atom is 0.0944 e. The van der Waals surface area contributed by atoms with Crippen molar-refractivity contribution in [1.29, 1.82) is 0 Å². The topological polar surface area (TPSA) is 24.9 Å². The van der Waals surface area contributed by atoms with Gasteiger partial charge in [-0.2, -0.15) is 0 Å². The Morgan fingerprint density at radius 3 is 2.59 bits per heavy atom. The number of nitrogens with zero attached hydrogens (tertiary/aromatic N) is 1. The van der Waals surface area contributed by atoms with Crippen LogP contribution in [-0.2, 0) is 11.8 Å². The molecular weight excluding hydrogens is 228 g/mol. The molecule has 1 atom stereocenters. The predicted molar refractivity (Wildman–Crippen MR) is 74.7 cm³/mol. The third-order valence-electron chi connectivity index (χ3n) is 3.80. The molecule has 0 aromatic carbocycles. The SMILES string of the molecule is CNC(Cc1nc(C(C)(C)C)cs1)C1CCC1. The molecule has 1 N–H and O–H groups in total. The highest BCUT2D eigenvalue weighted by Crippen LogP contribution is 2.32. The van der Waals surface area contributed by atoms with Crippen molar-refractivity contribution in [2.24, 2.45) is 5.92 Å². The average Bonchev–Trinajstić information content (AvgIpc) is 2.61. The summed E-state index contributed by atoms with van der Waals surface area (Å²) in [7, 11) is 2.08. The fourth-order valence-corrected chi connectivity index (χ4v) is 3.36. The third-order valence-corrected chi connectivity index (χ3v) is 4.68. The highest BCUT2D eigenvalue weighted by molar-refractivity contribution is 7.09. The molecule has 96 valence electrons. The van der Waals surface area contributed by atoms with Crippen molar-refractivity contribution < 1.29 is 0 Å². The van der Waals surface area contributed by atoms with Crippen LogP contribution in [0.2, 0.25) is 0 Å². The molecule has 0 spiro atoms. The van der Waals surface area contributed by atoms with Crippen LogP contribution in [0.1, 0.15) is 50.7 Å². The first kappa shape index (κ1) is 13.0. The third kappa shape index (κ3) is 3.08. The maximum absolute atomic E-state index is 4.79. The lowest BCUT2D eigenvalue weighted by Crippen LogP contribution is -2.39. The molecule has 17 heavy (non-hydrogen) atoms. The van der Waals surface area contributed by atoms with Gasteiger partial charge in [-0.15, -0.1) is 11.3 Å². The van der Waals surface area contributed by atoms with Crippen molar-refractivity contribution in [3.8, 4) is 0 Å². The van der Waals surface area contributed by atoms with Gasteiger partial charge in [0.1, 0.15) is 0 Å². The van der Waals surface area contributed by atoms with Crippen molar-refractivity contribution in [1.82, 2.24) is 10.3 Å². The van der Waals surface area contributed by atoms with Crippen molar-refractivity contribution in [2.75, 3.05) is 7.05 Å². The molecule has 0 aliphatic heterocycles. The lowest BCUT2D eigenvalue weighted by atomic mass is 9.79. The van der Waals surface area contributed by atoms with Crippen LogP contribution < -0.4 is 5.32 Å². The summed E-state index contributed by atoms with van der Waals surface area (Å²) in [5.74, 6) is 0.877. The molecule has 3 heteroatoms. The Bertz CT molecular complexity index is 361. The molecule has 0 bridgehead atoms. The lowest BCUT2D eigenvalue weighted by Gasteiger charge is -2.33. The van der Waals surface area contributed by atoms with Gasteiger partial charge in [-0.25, -0.2) is 4.98 Å². The van der Waals surface area contributed by atoms with Crippen LogP contribution >= 0.6 is 11.3 Å². The number of thiazole rings is 1. The summed E-state index contributed by atoms with van der Waals surface area (Å²) in [4.78, 5) is 4.79. The van der Waals surface area contributed by atoms with Crippen molar-refractivity contribution >= 4 is 11.3 Å². The zero-order chi connectivity index (χ0) is 12.5. The standard InChI is InChI=1S/C14H24N2S/c1-14(2,3)12-9-17-13(16-12)8-11(15-4)10-6-5-7-10/h9-11,15H,5-8H2,1-4H3. The van der Waals surface area contributed by atoms with Gasteiger partial charge in [0.05, 0.1) is 10.7 Å². The molecule has 0 radical (unpaired) electrons. The second-order valence-electron chi connectivity index (χ2n) is 6.17. The van der Waals surface area contributed by atoms with Crippen LogP contribution in [0.5, 0.6) is 0 Å². The summed E-state index contributed by atoms with van der Waals surface area (Å²) in [6.07, 6.45) is 5.29. The Balaban J connectivity index is 2.00. The molecule has 0 saturated heterocycles. The predicted octanol–water partition coefficient (Wildman–Crippen LogP) is 3.37. The Morgan fingerprint density at radius 1 is 1.47 bits per heavy atom. The molecule has 1 unspecified atom stereocenters. The summed E-state index contributed by atoms with van der Waals surface area (Å²) in [5, 5.41) is 6.98. The fraction of sp³-hybridized carbons (Fsp3) is 0.786. The van der Waals surface area contributed by atoms with Gasteiger partial charge in [-0.05, 0) is 25.8 Å². The Morgan fingerprint density at radius 2 is 2.18 bits per heavy atom. The summed E-state index contributed by atoms with van der Waals surface area (Å²) in [6, 6.07) is 0.628. The van der Waals surface area contributed by atoms with Crippen LogP contribution in [-0.4, -0.2) is 18.1 Å². The highest BCUT2D eigenvalue weighted by Gasteiger charge is 2.27. The Labute approximate surface area is 109 Å². The summed E-state index contributed by atoms with van der Waals surface area (Å²) in [5.41, 5.74) is 1.42. The molecule has 1 heterocycles. The van der Waals surface area contributed by atoms with Crippen molar-refractivity contribution in [3.63, 3.8) is 0 Å². The molecule has 1 saturated carbocycles. The number of nitrogens with one attached hydrogen (secondary N) is 1. The zero-order valence-electron chi connectivity index (χ0n) is 11.4. The van der Waals surface area contributed by atoms with Gasteiger partial charge in [0.15, 0.2) is 0 Å². The highest BCUT2D eigenvalue weighted by atomic mass is 32.1. The molecule has 2 nitrogen and oxygen atoms in total. The summed E-state index contributed by atoms with van der Waals surface area (Å²) < 4.78 is 0. The van der Waals surface area contributed by atoms with Gasteiger partial charge in [0, 0.05) is 23.3 Å². The molecule has 2 rings (SSSR count). The largest absolute Gasteiger partial charge is 0.316 e. The van der Waals surface area contributed by atoms with Gasteiger partial charge in [0.2, 0.25) is 0 Å². The fourth-order valence-electron chi connectivity index (χ4n) is 2.28. The maximum atomic E-state index is 4.79. The molecule has 1 aromatic rings. The molecular formula is C14H24N2S. The second kappa shape index (κ2) is 5.07. The van der Waals surface area contributed by atoms with Crippen LogP contribution in [0, 0.1) is 5.92 Å². The van der Waals surface area contributed by atoms with E-state index in [9.17, 15) is 0 Å².